The summed E-state index contributed by atoms with van der Waals surface area (Å²) in [5.41, 5.74) is -0.0737. The van der Waals surface area contributed by atoms with Crippen LogP contribution in [0.4, 0.5) is 13.2 Å². The van der Waals surface area contributed by atoms with E-state index >= 15 is 0 Å². The zero-order valence-electron chi connectivity index (χ0n) is 10.4. The van der Waals surface area contributed by atoms with E-state index in [2.05, 4.69) is 9.47 Å². The van der Waals surface area contributed by atoms with Gasteiger partial charge in [0.25, 0.3) is 0 Å². The lowest BCUT2D eigenvalue weighted by atomic mass is 10.2. The lowest BCUT2D eigenvalue weighted by molar-refractivity contribution is -0.274. The van der Waals surface area contributed by atoms with Crippen molar-refractivity contribution in [2.24, 2.45) is 0 Å². The number of carbonyl (C=O) groups is 1. The minimum Gasteiger partial charge on any atom is -0.493 e. The van der Waals surface area contributed by atoms with Crippen LogP contribution in [0, 0.1) is 0 Å². The second kappa shape index (κ2) is 6.31. The van der Waals surface area contributed by atoms with Crippen LogP contribution in [-0.4, -0.2) is 26.0 Å². The number of halogens is 3. The van der Waals surface area contributed by atoms with Gasteiger partial charge in [-0.25, -0.2) is 4.79 Å². The fourth-order valence-electron chi connectivity index (χ4n) is 1.30. The summed E-state index contributed by atoms with van der Waals surface area (Å²) >= 11 is 0. The first-order valence-corrected chi connectivity index (χ1v) is 5.47. The van der Waals surface area contributed by atoms with Gasteiger partial charge in [-0.1, -0.05) is 6.92 Å². The molecule has 4 nitrogen and oxygen atoms in total. The molecule has 0 heterocycles. The average Bonchev–Trinajstić information content (AvgIpc) is 2.33. The molecule has 0 saturated heterocycles. The molecule has 106 valence electrons. The van der Waals surface area contributed by atoms with Crippen LogP contribution in [0.25, 0.3) is 0 Å². The molecular formula is C12H13F3O4. The summed E-state index contributed by atoms with van der Waals surface area (Å²) in [4.78, 5) is 11.3. The maximum Gasteiger partial charge on any atom is 0.573 e. The third-order valence-electron chi connectivity index (χ3n) is 2.01. The SMILES string of the molecule is CCCOc1cc(OC(F)(F)F)cc(C(=O)OC)c1. The molecule has 0 aliphatic rings. The molecule has 0 unspecified atom stereocenters. The first-order valence-electron chi connectivity index (χ1n) is 5.47. The highest BCUT2D eigenvalue weighted by Gasteiger charge is 2.31. The number of esters is 1. The van der Waals surface area contributed by atoms with E-state index in [1.54, 1.807) is 0 Å². The van der Waals surface area contributed by atoms with Crippen molar-refractivity contribution in [1.82, 2.24) is 0 Å². The van der Waals surface area contributed by atoms with Crippen molar-refractivity contribution >= 4 is 5.97 Å². The Labute approximate surface area is 108 Å². The summed E-state index contributed by atoms with van der Waals surface area (Å²) in [6, 6.07) is 3.30. The van der Waals surface area contributed by atoms with Crippen LogP contribution in [0.3, 0.4) is 0 Å². The molecule has 0 amide bonds. The highest BCUT2D eigenvalue weighted by Crippen LogP contribution is 2.28. The van der Waals surface area contributed by atoms with Crippen LogP contribution >= 0.6 is 0 Å². The minimum atomic E-state index is -4.84. The molecule has 1 aromatic carbocycles. The number of ether oxygens (including phenoxy) is 3. The Morgan fingerprint density at radius 1 is 1.21 bits per heavy atom. The maximum atomic E-state index is 12.2. The van der Waals surface area contributed by atoms with Gasteiger partial charge in [0.15, 0.2) is 0 Å². The lowest BCUT2D eigenvalue weighted by Gasteiger charge is -2.12. The first kappa shape index (κ1) is 15.1. The van der Waals surface area contributed by atoms with Gasteiger partial charge in [0.05, 0.1) is 19.3 Å². The summed E-state index contributed by atoms with van der Waals surface area (Å²) in [6.45, 7) is 2.16. The predicted octanol–water partition coefficient (Wildman–Crippen LogP) is 3.16. The normalized spacial score (nSPS) is 11.0. The van der Waals surface area contributed by atoms with Crippen LogP contribution in [0.5, 0.6) is 11.5 Å². The summed E-state index contributed by atoms with van der Waals surface area (Å²) < 4.78 is 49.9. The molecule has 0 radical (unpaired) electrons. The van der Waals surface area contributed by atoms with Gasteiger partial charge in [-0.2, -0.15) is 0 Å². The van der Waals surface area contributed by atoms with Gasteiger partial charge in [-0.05, 0) is 18.6 Å². The van der Waals surface area contributed by atoms with Gasteiger partial charge < -0.3 is 14.2 Å². The largest absolute Gasteiger partial charge is 0.573 e. The molecule has 0 atom stereocenters. The lowest BCUT2D eigenvalue weighted by Crippen LogP contribution is -2.17. The van der Waals surface area contributed by atoms with Gasteiger partial charge in [0, 0.05) is 6.07 Å². The van der Waals surface area contributed by atoms with E-state index in [0.29, 0.717) is 13.0 Å². The van der Waals surface area contributed by atoms with E-state index in [0.717, 1.165) is 19.2 Å². The second-order valence-corrected chi connectivity index (χ2v) is 3.58. The molecule has 0 bridgehead atoms. The number of methoxy groups -OCH3 is 1. The van der Waals surface area contributed by atoms with E-state index in [4.69, 9.17) is 4.74 Å². The zero-order chi connectivity index (χ0) is 14.5. The van der Waals surface area contributed by atoms with Gasteiger partial charge in [0.2, 0.25) is 0 Å². The molecule has 0 spiro atoms. The number of hydrogen-bond acceptors (Lipinski definition) is 4. The van der Waals surface area contributed by atoms with Crippen molar-refractivity contribution < 1.29 is 32.2 Å². The maximum absolute atomic E-state index is 12.2. The fraction of sp³-hybridized carbons (Fsp3) is 0.417. The number of carbonyl (C=O) groups excluding carboxylic acids is 1. The topological polar surface area (TPSA) is 44.8 Å². The molecule has 1 rings (SSSR count). The van der Waals surface area contributed by atoms with Crippen LogP contribution in [0.15, 0.2) is 18.2 Å². The van der Waals surface area contributed by atoms with E-state index in [9.17, 15) is 18.0 Å². The van der Waals surface area contributed by atoms with E-state index in [1.165, 1.54) is 6.07 Å². The Morgan fingerprint density at radius 2 is 1.84 bits per heavy atom. The number of rotatable bonds is 5. The standard InChI is InChI=1S/C12H13F3O4/c1-3-4-18-9-5-8(11(16)17-2)6-10(7-9)19-12(13,14)15/h5-7H,3-4H2,1-2H3. The summed E-state index contributed by atoms with van der Waals surface area (Å²) in [7, 11) is 1.13. The molecule has 0 aliphatic carbocycles. The first-order chi connectivity index (χ1) is 8.85. The molecule has 0 aliphatic heterocycles. The fourth-order valence-corrected chi connectivity index (χ4v) is 1.30. The molecule has 1 aromatic rings. The average molecular weight is 278 g/mol. The van der Waals surface area contributed by atoms with Crippen LogP contribution < -0.4 is 9.47 Å². The van der Waals surface area contributed by atoms with E-state index in [-0.39, 0.29) is 11.3 Å². The van der Waals surface area contributed by atoms with Crippen molar-refractivity contribution in [2.75, 3.05) is 13.7 Å². The monoisotopic (exact) mass is 278 g/mol. The van der Waals surface area contributed by atoms with Crippen LogP contribution in [0.1, 0.15) is 23.7 Å². The minimum absolute atomic E-state index is 0.0737. The van der Waals surface area contributed by atoms with Crippen molar-refractivity contribution in [3.63, 3.8) is 0 Å². The van der Waals surface area contributed by atoms with Crippen molar-refractivity contribution in [3.8, 4) is 11.5 Å². The van der Waals surface area contributed by atoms with E-state index in [1.807, 2.05) is 6.92 Å². The van der Waals surface area contributed by atoms with Crippen molar-refractivity contribution in [3.05, 3.63) is 23.8 Å². The highest BCUT2D eigenvalue weighted by molar-refractivity contribution is 5.90. The molecule has 0 aromatic heterocycles. The highest BCUT2D eigenvalue weighted by atomic mass is 19.4. The molecule has 0 N–H and O–H groups in total. The summed E-state index contributed by atoms with van der Waals surface area (Å²) in [5, 5.41) is 0. The number of benzene rings is 1. The summed E-state index contributed by atoms with van der Waals surface area (Å²) in [5.74, 6) is -1.18. The number of alkyl halides is 3. The van der Waals surface area contributed by atoms with Crippen LogP contribution in [-0.2, 0) is 4.74 Å². The Hall–Kier alpha value is -1.92. The quantitative estimate of drug-likeness (QED) is 0.776. The van der Waals surface area contributed by atoms with Gasteiger partial charge in [0.1, 0.15) is 11.5 Å². The summed E-state index contributed by atoms with van der Waals surface area (Å²) in [6.07, 6.45) is -4.16. The zero-order valence-corrected chi connectivity index (χ0v) is 10.4. The molecule has 0 saturated carbocycles. The van der Waals surface area contributed by atoms with Crippen molar-refractivity contribution in [2.45, 2.75) is 19.7 Å². The molecular weight excluding hydrogens is 265 g/mol. The van der Waals surface area contributed by atoms with Gasteiger partial charge >= 0.3 is 12.3 Å². The molecule has 19 heavy (non-hydrogen) atoms. The van der Waals surface area contributed by atoms with Gasteiger partial charge in [-0.15, -0.1) is 13.2 Å². The third-order valence-corrected chi connectivity index (χ3v) is 2.01. The second-order valence-electron chi connectivity index (χ2n) is 3.58. The van der Waals surface area contributed by atoms with Gasteiger partial charge in [-0.3, -0.25) is 0 Å². The molecule has 7 heteroatoms. The number of hydrogen-bond donors (Lipinski definition) is 0. The van der Waals surface area contributed by atoms with Crippen LogP contribution in [0.2, 0.25) is 0 Å². The Balaban J connectivity index is 3.05. The Bertz CT molecular complexity index is 443. The predicted molar refractivity (Wildman–Crippen MR) is 60.3 cm³/mol. The van der Waals surface area contributed by atoms with Crippen molar-refractivity contribution in [1.29, 1.82) is 0 Å². The Kier molecular flexibility index (Phi) is 5.02. The molecule has 0 fully saturated rings. The smallest absolute Gasteiger partial charge is 0.493 e. The Morgan fingerprint density at radius 3 is 2.37 bits per heavy atom. The van der Waals surface area contributed by atoms with E-state index < -0.39 is 18.1 Å². The third kappa shape index (κ3) is 5.07.